The Hall–Kier alpha value is -1.54. The van der Waals surface area contributed by atoms with Crippen LogP contribution in [0.2, 0.25) is 4.34 Å². The van der Waals surface area contributed by atoms with E-state index in [1.807, 2.05) is 23.1 Å². The van der Waals surface area contributed by atoms with E-state index in [2.05, 4.69) is 23.6 Å². The fourth-order valence-electron chi connectivity index (χ4n) is 2.93. The minimum absolute atomic E-state index is 0.108. The highest BCUT2D eigenvalue weighted by Gasteiger charge is 2.32. The van der Waals surface area contributed by atoms with E-state index < -0.39 is 0 Å². The number of anilines is 1. The van der Waals surface area contributed by atoms with Gasteiger partial charge in [0.1, 0.15) is 14.2 Å². The summed E-state index contributed by atoms with van der Waals surface area (Å²) in [6.07, 6.45) is 0. The predicted octanol–water partition coefficient (Wildman–Crippen LogP) is 4.87. The van der Waals surface area contributed by atoms with Crippen LogP contribution < -0.4 is 4.90 Å². The number of nitro groups is 1. The number of piperazine rings is 1. The largest absolute Gasteiger partial charge is 0.361 e. The van der Waals surface area contributed by atoms with Gasteiger partial charge in [-0.2, -0.15) is 0 Å². The molecule has 8 heteroatoms. The van der Waals surface area contributed by atoms with Gasteiger partial charge in [-0.15, -0.1) is 11.3 Å². The minimum Gasteiger partial charge on any atom is -0.361 e. The molecule has 0 atom stereocenters. The summed E-state index contributed by atoms with van der Waals surface area (Å²) in [6, 6.07) is 10.3. The molecule has 1 fully saturated rings. The van der Waals surface area contributed by atoms with Gasteiger partial charge in [-0.1, -0.05) is 60.3 Å². The van der Waals surface area contributed by atoms with Gasteiger partial charge in [0.05, 0.1) is 4.92 Å². The number of thioether (sulfide) groups is 1. The fraction of sp³-hybridized carbons (Fsp3) is 0.294. The van der Waals surface area contributed by atoms with Crippen LogP contribution in [0.3, 0.4) is 0 Å². The van der Waals surface area contributed by atoms with E-state index in [1.54, 1.807) is 5.41 Å². The molecule has 0 aliphatic carbocycles. The quantitative estimate of drug-likeness (QED) is 0.397. The van der Waals surface area contributed by atoms with Crippen LogP contribution in [0, 0.1) is 10.1 Å². The lowest BCUT2D eigenvalue weighted by Gasteiger charge is -2.35. The van der Waals surface area contributed by atoms with E-state index >= 15 is 0 Å². The SMILES string of the molecule is C=CSc1sc(Cl)c(N2CCN(Cc3ccccc3)CC2)c1[N+](=O)[O-]. The Morgan fingerprint density at radius 3 is 2.56 bits per heavy atom. The second kappa shape index (κ2) is 8.23. The van der Waals surface area contributed by atoms with Crippen molar-refractivity contribution in [1.29, 1.82) is 0 Å². The van der Waals surface area contributed by atoms with Gasteiger partial charge in [0.15, 0.2) is 0 Å². The van der Waals surface area contributed by atoms with Crippen molar-refractivity contribution in [3.63, 3.8) is 0 Å². The van der Waals surface area contributed by atoms with Crippen LogP contribution in [0.5, 0.6) is 0 Å². The molecular formula is C17H18ClN3O2S2. The first-order chi connectivity index (χ1) is 12.1. The highest BCUT2D eigenvalue weighted by molar-refractivity contribution is 8.04. The molecule has 1 aliphatic heterocycles. The Balaban J connectivity index is 1.72. The molecule has 0 unspecified atom stereocenters. The molecular weight excluding hydrogens is 378 g/mol. The first-order valence-corrected chi connectivity index (χ1v) is 9.93. The zero-order valence-electron chi connectivity index (χ0n) is 13.6. The Labute approximate surface area is 160 Å². The average molecular weight is 396 g/mol. The second-order valence-electron chi connectivity index (χ2n) is 5.65. The monoisotopic (exact) mass is 395 g/mol. The normalized spacial score (nSPS) is 15.3. The Morgan fingerprint density at radius 1 is 1.28 bits per heavy atom. The average Bonchev–Trinajstić information content (AvgIpc) is 2.93. The summed E-state index contributed by atoms with van der Waals surface area (Å²) in [6.45, 7) is 7.68. The van der Waals surface area contributed by atoms with Crippen molar-refractivity contribution in [3.05, 3.63) is 62.3 Å². The summed E-state index contributed by atoms with van der Waals surface area (Å²) >= 11 is 8.84. The maximum atomic E-state index is 11.5. The number of nitrogens with zero attached hydrogens (tertiary/aromatic N) is 3. The zero-order valence-corrected chi connectivity index (χ0v) is 15.9. The maximum absolute atomic E-state index is 11.5. The smallest absolute Gasteiger partial charge is 0.318 e. The third-order valence-corrected chi connectivity index (χ3v) is 6.37. The van der Waals surface area contributed by atoms with Gasteiger partial charge >= 0.3 is 5.69 Å². The molecule has 2 heterocycles. The number of benzene rings is 1. The molecule has 1 saturated heterocycles. The number of hydrogen-bond donors (Lipinski definition) is 0. The molecule has 0 bridgehead atoms. The fourth-order valence-corrected chi connectivity index (χ4v) is 5.34. The summed E-state index contributed by atoms with van der Waals surface area (Å²) in [5.41, 5.74) is 1.94. The Kier molecular flexibility index (Phi) is 6.01. The zero-order chi connectivity index (χ0) is 17.8. The van der Waals surface area contributed by atoms with Crippen LogP contribution >= 0.6 is 34.7 Å². The summed E-state index contributed by atoms with van der Waals surface area (Å²) in [5.74, 6) is 0. The van der Waals surface area contributed by atoms with Crippen molar-refractivity contribution in [1.82, 2.24) is 4.90 Å². The molecule has 0 amide bonds. The third kappa shape index (κ3) is 4.17. The van der Waals surface area contributed by atoms with E-state index in [1.165, 1.54) is 28.7 Å². The Bertz CT molecular complexity index is 759. The topological polar surface area (TPSA) is 49.6 Å². The lowest BCUT2D eigenvalue weighted by molar-refractivity contribution is -0.386. The second-order valence-corrected chi connectivity index (χ2v) is 8.51. The molecule has 5 nitrogen and oxygen atoms in total. The van der Waals surface area contributed by atoms with Crippen LogP contribution in [0.1, 0.15) is 5.56 Å². The van der Waals surface area contributed by atoms with E-state index in [9.17, 15) is 10.1 Å². The lowest BCUT2D eigenvalue weighted by atomic mass is 10.2. The lowest BCUT2D eigenvalue weighted by Crippen LogP contribution is -2.46. The molecule has 1 aromatic heterocycles. The van der Waals surface area contributed by atoms with Crippen molar-refractivity contribution in [2.24, 2.45) is 0 Å². The van der Waals surface area contributed by atoms with Crippen LogP contribution in [0.15, 0.2) is 46.5 Å². The number of thiophene rings is 1. The van der Waals surface area contributed by atoms with Crippen LogP contribution in [-0.2, 0) is 6.54 Å². The van der Waals surface area contributed by atoms with Crippen LogP contribution in [0.25, 0.3) is 0 Å². The predicted molar refractivity (Wildman–Crippen MR) is 106 cm³/mol. The number of hydrogen-bond acceptors (Lipinski definition) is 6. The van der Waals surface area contributed by atoms with Crippen molar-refractivity contribution in [2.75, 3.05) is 31.1 Å². The molecule has 132 valence electrons. The van der Waals surface area contributed by atoms with E-state index in [0.717, 1.165) is 32.7 Å². The summed E-state index contributed by atoms with van der Waals surface area (Å²) in [7, 11) is 0. The number of halogens is 1. The summed E-state index contributed by atoms with van der Waals surface area (Å²) < 4.78 is 1.07. The molecule has 25 heavy (non-hydrogen) atoms. The molecule has 2 aromatic rings. The van der Waals surface area contributed by atoms with Gasteiger partial charge in [0, 0.05) is 32.7 Å². The molecule has 0 saturated carbocycles. The minimum atomic E-state index is -0.333. The number of rotatable bonds is 6. The standard InChI is InChI=1S/C17H18ClN3O2S2/c1-2-24-17-15(21(22)23)14(16(18)25-17)20-10-8-19(9-11-20)12-13-6-4-3-5-7-13/h2-7H,1,8-12H2. The summed E-state index contributed by atoms with van der Waals surface area (Å²) in [5, 5.41) is 13.1. The van der Waals surface area contributed by atoms with Gasteiger partial charge in [0.2, 0.25) is 0 Å². The Morgan fingerprint density at radius 2 is 1.96 bits per heavy atom. The highest BCUT2D eigenvalue weighted by atomic mass is 35.5. The van der Waals surface area contributed by atoms with Crippen LogP contribution in [0.4, 0.5) is 11.4 Å². The molecule has 1 aliphatic rings. The summed E-state index contributed by atoms with van der Waals surface area (Å²) in [4.78, 5) is 15.6. The molecule has 0 N–H and O–H groups in total. The maximum Gasteiger partial charge on any atom is 0.318 e. The first kappa shape index (κ1) is 18.3. The van der Waals surface area contributed by atoms with Gasteiger partial charge < -0.3 is 4.90 Å². The molecule has 1 aromatic carbocycles. The molecule has 0 spiro atoms. The molecule has 0 radical (unpaired) electrons. The van der Waals surface area contributed by atoms with Crippen molar-refractivity contribution in [3.8, 4) is 0 Å². The van der Waals surface area contributed by atoms with Gasteiger partial charge in [-0.05, 0) is 11.0 Å². The van der Waals surface area contributed by atoms with E-state index in [4.69, 9.17) is 11.6 Å². The van der Waals surface area contributed by atoms with Gasteiger partial charge in [0.25, 0.3) is 0 Å². The van der Waals surface area contributed by atoms with Crippen molar-refractivity contribution >= 4 is 46.1 Å². The van der Waals surface area contributed by atoms with Crippen LogP contribution in [-0.4, -0.2) is 36.0 Å². The van der Waals surface area contributed by atoms with Gasteiger partial charge in [-0.25, -0.2) is 0 Å². The van der Waals surface area contributed by atoms with Crippen molar-refractivity contribution < 1.29 is 4.92 Å². The third-order valence-electron chi connectivity index (χ3n) is 4.10. The molecule has 3 rings (SSSR count). The van der Waals surface area contributed by atoms with E-state index in [0.29, 0.717) is 14.2 Å². The highest BCUT2D eigenvalue weighted by Crippen LogP contribution is 2.50. The first-order valence-electron chi connectivity index (χ1n) is 7.85. The van der Waals surface area contributed by atoms with E-state index in [-0.39, 0.29) is 10.6 Å². The van der Waals surface area contributed by atoms with Crippen molar-refractivity contribution in [2.45, 2.75) is 10.8 Å². The van der Waals surface area contributed by atoms with Gasteiger partial charge in [-0.3, -0.25) is 15.0 Å².